The molecule has 2 heterocycles. The van der Waals surface area contributed by atoms with E-state index in [1.165, 1.54) is 0 Å². The molecule has 2 aliphatic rings. The molecule has 0 aromatic heterocycles. The molecule has 0 atom stereocenters. The first kappa shape index (κ1) is 20.1. The molecule has 0 saturated carbocycles. The molecule has 144 valence electrons. The zero-order valence-corrected chi connectivity index (χ0v) is 16.3. The van der Waals surface area contributed by atoms with Gasteiger partial charge in [0.25, 0.3) is 0 Å². The average Bonchev–Trinajstić information content (AvgIpc) is 2.60. The van der Waals surface area contributed by atoms with Crippen LogP contribution in [-0.2, 0) is 9.59 Å². The van der Waals surface area contributed by atoms with E-state index in [1.807, 2.05) is 16.8 Å². The van der Waals surface area contributed by atoms with Crippen molar-refractivity contribution in [3.8, 4) is 0 Å². The number of hydrazine groups is 1. The van der Waals surface area contributed by atoms with Crippen LogP contribution < -0.4 is 5.32 Å². The van der Waals surface area contributed by atoms with Gasteiger partial charge in [-0.15, -0.1) is 0 Å². The molecule has 7 heteroatoms. The molecule has 0 bridgehead atoms. The molecule has 2 saturated heterocycles. The van der Waals surface area contributed by atoms with Crippen LogP contribution in [0.3, 0.4) is 0 Å². The molecule has 2 rings (SSSR count). The highest BCUT2D eigenvalue weighted by atomic mass is 16.2. The van der Waals surface area contributed by atoms with Crippen molar-refractivity contribution in [3.05, 3.63) is 0 Å². The predicted molar refractivity (Wildman–Crippen MR) is 98.9 cm³/mol. The minimum Gasteiger partial charge on any atom is -0.343 e. The molecule has 2 aliphatic heterocycles. The Hall–Kier alpha value is -1.18. The molecule has 0 aromatic carbocycles. The number of hydrogen-bond donors (Lipinski definition) is 1. The first-order chi connectivity index (χ1) is 11.9. The summed E-state index contributed by atoms with van der Waals surface area (Å²) in [5, 5.41) is 7.91. The number of likely N-dealkylation sites (tertiary alicyclic amines) is 1. The van der Waals surface area contributed by atoms with E-state index in [4.69, 9.17) is 0 Å². The van der Waals surface area contributed by atoms with Gasteiger partial charge in [0.15, 0.2) is 0 Å². The van der Waals surface area contributed by atoms with E-state index in [0.717, 1.165) is 58.7 Å². The fourth-order valence-electron chi connectivity index (χ4n) is 3.81. The number of nitrogens with zero attached hydrogens (tertiary/aromatic N) is 4. The van der Waals surface area contributed by atoms with E-state index < -0.39 is 0 Å². The van der Waals surface area contributed by atoms with Crippen LogP contribution in [-0.4, -0.2) is 97.1 Å². The van der Waals surface area contributed by atoms with E-state index in [0.29, 0.717) is 18.5 Å². The molecule has 7 nitrogen and oxygen atoms in total. The van der Waals surface area contributed by atoms with Crippen molar-refractivity contribution in [2.75, 3.05) is 59.4 Å². The van der Waals surface area contributed by atoms with Gasteiger partial charge in [-0.25, -0.2) is 10.0 Å². The Morgan fingerprint density at radius 1 is 1.04 bits per heavy atom. The van der Waals surface area contributed by atoms with E-state index in [9.17, 15) is 9.59 Å². The Bertz CT molecular complexity index is 441. The Morgan fingerprint density at radius 2 is 1.64 bits per heavy atom. The van der Waals surface area contributed by atoms with Crippen LogP contribution in [0.1, 0.15) is 33.6 Å². The van der Waals surface area contributed by atoms with Gasteiger partial charge in [-0.1, -0.05) is 13.8 Å². The molecule has 0 spiro atoms. The molecular weight excluding hydrogens is 318 g/mol. The van der Waals surface area contributed by atoms with Gasteiger partial charge in [0, 0.05) is 58.8 Å². The molecule has 0 aliphatic carbocycles. The first-order valence-corrected chi connectivity index (χ1v) is 9.61. The summed E-state index contributed by atoms with van der Waals surface area (Å²) in [4.78, 5) is 27.5. The molecule has 0 radical (unpaired) electrons. The van der Waals surface area contributed by atoms with Crippen LogP contribution in [0.4, 0.5) is 0 Å². The highest BCUT2D eigenvalue weighted by molar-refractivity contribution is 5.78. The highest BCUT2D eigenvalue weighted by Gasteiger charge is 2.32. The van der Waals surface area contributed by atoms with Gasteiger partial charge in [-0.3, -0.25) is 9.59 Å². The van der Waals surface area contributed by atoms with Crippen molar-refractivity contribution in [2.24, 2.45) is 5.92 Å². The third-order valence-corrected chi connectivity index (χ3v) is 5.18. The third kappa shape index (κ3) is 5.66. The monoisotopic (exact) mass is 353 g/mol. The second kappa shape index (κ2) is 9.50. The van der Waals surface area contributed by atoms with Crippen LogP contribution >= 0.6 is 0 Å². The zero-order chi connectivity index (χ0) is 18.4. The van der Waals surface area contributed by atoms with Gasteiger partial charge in [0.2, 0.25) is 11.8 Å². The second-order valence-electron chi connectivity index (χ2n) is 7.62. The molecule has 25 heavy (non-hydrogen) atoms. The smallest absolute Gasteiger partial charge is 0.236 e. The number of amides is 2. The standard InChI is InChI=1S/C18H35N5O2/c1-15(2)14-23(17-5-7-20(8-6-17)16(3)24)22-11-9-21(10-12-22)18(25)13-19-4/h15,17,19H,5-14H2,1-4H3. The topological polar surface area (TPSA) is 59.1 Å². The lowest BCUT2D eigenvalue weighted by Gasteiger charge is -2.47. The van der Waals surface area contributed by atoms with Crippen molar-refractivity contribution in [1.29, 1.82) is 0 Å². The molecule has 0 unspecified atom stereocenters. The van der Waals surface area contributed by atoms with Crippen molar-refractivity contribution >= 4 is 11.8 Å². The lowest BCUT2D eigenvalue weighted by atomic mass is 10.0. The predicted octanol–water partition coefficient (Wildman–Crippen LogP) is 0.234. The summed E-state index contributed by atoms with van der Waals surface area (Å²) in [6, 6.07) is 0.498. The minimum absolute atomic E-state index is 0.186. The molecular formula is C18H35N5O2. The molecule has 2 fully saturated rings. The number of nitrogens with one attached hydrogen (secondary N) is 1. The van der Waals surface area contributed by atoms with E-state index >= 15 is 0 Å². The number of piperidine rings is 1. The number of hydrogen-bond acceptors (Lipinski definition) is 5. The number of likely N-dealkylation sites (N-methyl/N-ethyl adjacent to an activating group) is 1. The quantitative estimate of drug-likeness (QED) is 0.741. The Morgan fingerprint density at radius 3 is 2.12 bits per heavy atom. The number of carbonyl (C=O) groups is 2. The SMILES string of the molecule is CNCC(=O)N1CCN(N(CC(C)C)C2CCN(C(C)=O)CC2)CC1. The van der Waals surface area contributed by atoms with Gasteiger partial charge in [0.05, 0.1) is 6.54 Å². The van der Waals surface area contributed by atoms with Gasteiger partial charge >= 0.3 is 0 Å². The van der Waals surface area contributed by atoms with E-state index in [1.54, 1.807) is 6.92 Å². The Kier molecular flexibility index (Phi) is 7.65. The first-order valence-electron chi connectivity index (χ1n) is 9.61. The molecule has 1 N–H and O–H groups in total. The highest BCUT2D eigenvalue weighted by Crippen LogP contribution is 2.21. The fourth-order valence-corrected chi connectivity index (χ4v) is 3.81. The van der Waals surface area contributed by atoms with Gasteiger partial charge < -0.3 is 15.1 Å². The van der Waals surface area contributed by atoms with Gasteiger partial charge in [-0.05, 0) is 25.8 Å². The summed E-state index contributed by atoms with van der Waals surface area (Å²) >= 11 is 0. The summed E-state index contributed by atoms with van der Waals surface area (Å²) in [6.45, 7) is 12.7. The van der Waals surface area contributed by atoms with Crippen LogP contribution in [0.25, 0.3) is 0 Å². The van der Waals surface area contributed by atoms with Crippen LogP contribution in [0.2, 0.25) is 0 Å². The van der Waals surface area contributed by atoms with Crippen molar-refractivity contribution in [3.63, 3.8) is 0 Å². The lowest BCUT2D eigenvalue weighted by Crippen LogP contribution is -2.60. The van der Waals surface area contributed by atoms with Crippen LogP contribution in [0.5, 0.6) is 0 Å². The minimum atomic E-state index is 0.186. The summed E-state index contributed by atoms with van der Waals surface area (Å²) in [5.74, 6) is 0.965. The summed E-state index contributed by atoms with van der Waals surface area (Å²) in [6.07, 6.45) is 2.07. The summed E-state index contributed by atoms with van der Waals surface area (Å²) in [5.41, 5.74) is 0. The van der Waals surface area contributed by atoms with Crippen molar-refractivity contribution in [2.45, 2.75) is 39.7 Å². The second-order valence-corrected chi connectivity index (χ2v) is 7.62. The van der Waals surface area contributed by atoms with Crippen LogP contribution in [0.15, 0.2) is 0 Å². The maximum Gasteiger partial charge on any atom is 0.236 e. The fraction of sp³-hybridized carbons (Fsp3) is 0.889. The van der Waals surface area contributed by atoms with Gasteiger partial charge in [0.1, 0.15) is 0 Å². The summed E-state index contributed by atoms with van der Waals surface area (Å²) < 4.78 is 0. The average molecular weight is 354 g/mol. The van der Waals surface area contributed by atoms with E-state index in [2.05, 4.69) is 29.2 Å². The lowest BCUT2D eigenvalue weighted by molar-refractivity contribution is -0.142. The van der Waals surface area contributed by atoms with Crippen molar-refractivity contribution < 1.29 is 9.59 Å². The van der Waals surface area contributed by atoms with Gasteiger partial charge in [-0.2, -0.15) is 0 Å². The number of carbonyl (C=O) groups excluding carboxylic acids is 2. The maximum absolute atomic E-state index is 12.0. The van der Waals surface area contributed by atoms with E-state index in [-0.39, 0.29) is 11.8 Å². The number of piperazine rings is 1. The maximum atomic E-state index is 12.0. The largest absolute Gasteiger partial charge is 0.343 e. The summed E-state index contributed by atoms with van der Waals surface area (Å²) in [7, 11) is 1.81. The van der Waals surface area contributed by atoms with Crippen LogP contribution in [0, 0.1) is 5.92 Å². The van der Waals surface area contributed by atoms with Crippen molar-refractivity contribution in [1.82, 2.24) is 25.1 Å². The number of rotatable bonds is 6. The Labute approximate surface area is 152 Å². The normalized spacial score (nSPS) is 20.6. The Balaban J connectivity index is 1.92. The molecule has 0 aromatic rings. The zero-order valence-electron chi connectivity index (χ0n) is 16.3. The third-order valence-electron chi connectivity index (χ3n) is 5.18. The molecule has 2 amide bonds.